The van der Waals surface area contributed by atoms with Crippen molar-refractivity contribution >= 4 is 5.91 Å². The van der Waals surface area contributed by atoms with Crippen LogP contribution in [-0.2, 0) is 4.79 Å². The van der Waals surface area contributed by atoms with E-state index in [1.807, 2.05) is 0 Å². The molecule has 5 heteroatoms. The molecule has 0 aromatic rings. The highest BCUT2D eigenvalue weighted by Crippen LogP contribution is 2.14. The zero-order chi connectivity index (χ0) is 8.43. The summed E-state index contributed by atoms with van der Waals surface area (Å²) in [5.74, 6) is 4.72. The number of β-amino-alcohol motifs (C(OH)–C–C–N with tert-alkyl or cyclic N) is 1. The normalized spacial score (nSPS) is 32.3. The van der Waals surface area contributed by atoms with E-state index < -0.39 is 6.10 Å². The van der Waals surface area contributed by atoms with E-state index in [0.29, 0.717) is 13.0 Å². The van der Waals surface area contributed by atoms with E-state index >= 15 is 0 Å². The quantitative estimate of drug-likeness (QED) is 0.236. The monoisotopic (exact) mass is 159 g/mol. The molecule has 1 rings (SSSR count). The summed E-state index contributed by atoms with van der Waals surface area (Å²) in [5.41, 5.74) is 2.07. The van der Waals surface area contributed by atoms with Crippen LogP contribution in [-0.4, -0.2) is 41.7 Å². The number of hydrogen-bond donors (Lipinski definition) is 3. The molecule has 1 saturated heterocycles. The second-order valence-corrected chi connectivity index (χ2v) is 2.85. The van der Waals surface area contributed by atoms with Gasteiger partial charge in [0.1, 0.15) is 0 Å². The largest absolute Gasteiger partial charge is 0.392 e. The molecule has 0 aromatic heterocycles. The van der Waals surface area contributed by atoms with Gasteiger partial charge in [-0.1, -0.05) is 0 Å². The number of carbonyl (C=O) groups excluding carboxylic acids is 1. The first-order valence-electron chi connectivity index (χ1n) is 3.54. The molecule has 1 amide bonds. The van der Waals surface area contributed by atoms with Crippen LogP contribution in [0.2, 0.25) is 0 Å². The second kappa shape index (κ2) is 3.17. The molecule has 0 bridgehead atoms. The number of aliphatic hydroxyl groups excluding tert-OH is 1. The Balaban J connectivity index is 2.52. The van der Waals surface area contributed by atoms with Crippen molar-refractivity contribution in [1.82, 2.24) is 10.3 Å². The van der Waals surface area contributed by atoms with Gasteiger partial charge in [0.25, 0.3) is 5.91 Å². The number of nitrogens with one attached hydrogen (secondary N) is 1. The van der Waals surface area contributed by atoms with Crippen molar-refractivity contribution in [3.63, 3.8) is 0 Å². The number of aliphatic hydroxyl groups is 1. The van der Waals surface area contributed by atoms with Crippen LogP contribution in [0.3, 0.4) is 0 Å². The van der Waals surface area contributed by atoms with Gasteiger partial charge in [0.15, 0.2) is 0 Å². The molecule has 0 aliphatic carbocycles. The zero-order valence-corrected chi connectivity index (χ0v) is 6.45. The number of amides is 1. The van der Waals surface area contributed by atoms with Gasteiger partial charge in [-0.25, -0.2) is 5.84 Å². The third-order valence-electron chi connectivity index (χ3n) is 1.97. The highest BCUT2D eigenvalue weighted by molar-refractivity contribution is 5.81. The molecule has 0 unspecified atom stereocenters. The van der Waals surface area contributed by atoms with E-state index in [-0.39, 0.29) is 11.9 Å². The maximum atomic E-state index is 11.0. The molecular formula is C6H13N3O2. The molecular weight excluding hydrogens is 146 g/mol. The van der Waals surface area contributed by atoms with Gasteiger partial charge in [-0.3, -0.25) is 15.1 Å². The number of nitrogens with two attached hydrogens (primary N) is 1. The molecule has 1 heterocycles. The molecule has 0 radical (unpaired) electrons. The fraction of sp³-hybridized carbons (Fsp3) is 0.833. The Hall–Kier alpha value is -0.650. The summed E-state index contributed by atoms with van der Waals surface area (Å²) in [5, 5.41) is 9.15. The molecule has 5 nitrogen and oxygen atoms in total. The minimum atomic E-state index is -0.401. The topological polar surface area (TPSA) is 78.6 Å². The van der Waals surface area contributed by atoms with Gasteiger partial charge in [-0.15, -0.1) is 0 Å². The Labute approximate surface area is 65.1 Å². The molecule has 11 heavy (non-hydrogen) atoms. The highest BCUT2D eigenvalue weighted by atomic mass is 16.3. The lowest BCUT2D eigenvalue weighted by Gasteiger charge is -2.15. The zero-order valence-electron chi connectivity index (χ0n) is 6.45. The van der Waals surface area contributed by atoms with E-state index in [2.05, 4.69) is 5.43 Å². The first kappa shape index (κ1) is 8.45. The van der Waals surface area contributed by atoms with Crippen molar-refractivity contribution in [1.29, 1.82) is 0 Å². The first-order chi connectivity index (χ1) is 5.15. The van der Waals surface area contributed by atoms with Crippen LogP contribution >= 0.6 is 0 Å². The van der Waals surface area contributed by atoms with Crippen molar-refractivity contribution in [2.45, 2.75) is 18.6 Å². The van der Waals surface area contributed by atoms with E-state index in [1.54, 1.807) is 11.9 Å². The predicted molar refractivity (Wildman–Crippen MR) is 39.4 cm³/mol. The summed E-state index contributed by atoms with van der Waals surface area (Å²) in [6.45, 7) is 0.540. The van der Waals surface area contributed by atoms with Gasteiger partial charge in [-0.05, 0) is 13.5 Å². The lowest BCUT2D eigenvalue weighted by molar-refractivity contribution is -0.125. The predicted octanol–water partition coefficient (Wildman–Crippen LogP) is -1.96. The third kappa shape index (κ3) is 1.68. The Kier molecular flexibility index (Phi) is 2.43. The van der Waals surface area contributed by atoms with Crippen LogP contribution in [0.4, 0.5) is 0 Å². The summed E-state index contributed by atoms with van der Waals surface area (Å²) in [7, 11) is 1.79. The second-order valence-electron chi connectivity index (χ2n) is 2.85. The Morgan fingerprint density at radius 3 is 2.82 bits per heavy atom. The average Bonchev–Trinajstić information content (AvgIpc) is 2.28. The van der Waals surface area contributed by atoms with Gasteiger partial charge in [-0.2, -0.15) is 0 Å². The average molecular weight is 159 g/mol. The molecule has 64 valence electrons. The number of carbonyl (C=O) groups is 1. The van der Waals surface area contributed by atoms with Crippen LogP contribution in [0.1, 0.15) is 6.42 Å². The van der Waals surface area contributed by atoms with Gasteiger partial charge >= 0.3 is 0 Å². The third-order valence-corrected chi connectivity index (χ3v) is 1.97. The van der Waals surface area contributed by atoms with Crippen LogP contribution in [0, 0.1) is 0 Å². The molecule has 1 aliphatic rings. The summed E-state index contributed by atoms with van der Waals surface area (Å²) < 4.78 is 0. The molecule has 1 aliphatic heterocycles. The van der Waals surface area contributed by atoms with Crippen molar-refractivity contribution in [3.8, 4) is 0 Å². The van der Waals surface area contributed by atoms with Gasteiger partial charge in [0.05, 0.1) is 12.1 Å². The van der Waals surface area contributed by atoms with Gasteiger partial charge in [0.2, 0.25) is 0 Å². The smallest absolute Gasteiger partial charge is 0.251 e. The maximum absolute atomic E-state index is 11.0. The Morgan fingerprint density at radius 1 is 1.82 bits per heavy atom. The summed E-state index contributed by atoms with van der Waals surface area (Å²) in [6, 6.07) is -0.269. The van der Waals surface area contributed by atoms with Crippen LogP contribution in [0.15, 0.2) is 0 Å². The van der Waals surface area contributed by atoms with Crippen LogP contribution in [0.25, 0.3) is 0 Å². The first-order valence-corrected chi connectivity index (χ1v) is 3.54. The Morgan fingerprint density at radius 2 is 2.45 bits per heavy atom. The maximum Gasteiger partial charge on any atom is 0.251 e. The molecule has 1 fully saturated rings. The van der Waals surface area contributed by atoms with E-state index in [4.69, 9.17) is 10.9 Å². The number of likely N-dealkylation sites (tertiary alicyclic amines) is 1. The summed E-state index contributed by atoms with van der Waals surface area (Å²) in [6.07, 6.45) is 0.0711. The van der Waals surface area contributed by atoms with Crippen molar-refractivity contribution < 1.29 is 9.90 Å². The Bertz CT molecular complexity index is 162. The SMILES string of the molecule is CN1C[C@@H](O)C[C@H]1C(=O)NN. The fourth-order valence-corrected chi connectivity index (χ4v) is 1.38. The van der Waals surface area contributed by atoms with Crippen molar-refractivity contribution in [2.75, 3.05) is 13.6 Å². The lowest BCUT2D eigenvalue weighted by atomic mass is 10.2. The number of nitrogens with zero attached hydrogens (tertiary/aromatic N) is 1. The van der Waals surface area contributed by atoms with Gasteiger partial charge in [0, 0.05) is 6.54 Å². The van der Waals surface area contributed by atoms with Crippen molar-refractivity contribution in [3.05, 3.63) is 0 Å². The molecule has 0 saturated carbocycles. The van der Waals surface area contributed by atoms with E-state index in [9.17, 15) is 4.79 Å². The minimum Gasteiger partial charge on any atom is -0.392 e. The minimum absolute atomic E-state index is 0.232. The number of likely N-dealkylation sites (N-methyl/N-ethyl adjacent to an activating group) is 1. The molecule has 0 spiro atoms. The number of hydrogen-bond acceptors (Lipinski definition) is 4. The van der Waals surface area contributed by atoms with Crippen LogP contribution < -0.4 is 11.3 Å². The van der Waals surface area contributed by atoms with Crippen molar-refractivity contribution in [2.24, 2.45) is 5.84 Å². The molecule has 2 atom stereocenters. The van der Waals surface area contributed by atoms with Gasteiger partial charge < -0.3 is 5.11 Å². The molecule has 4 N–H and O–H groups in total. The summed E-state index contributed by atoms with van der Waals surface area (Å²) >= 11 is 0. The van der Waals surface area contributed by atoms with E-state index in [0.717, 1.165) is 0 Å². The number of rotatable bonds is 1. The number of hydrazine groups is 1. The van der Waals surface area contributed by atoms with Crippen LogP contribution in [0.5, 0.6) is 0 Å². The molecule has 0 aromatic carbocycles. The summed E-state index contributed by atoms with van der Waals surface area (Å²) in [4.78, 5) is 12.8. The fourth-order valence-electron chi connectivity index (χ4n) is 1.38. The lowest BCUT2D eigenvalue weighted by Crippen LogP contribution is -2.44. The standard InChI is InChI=1S/C6H13N3O2/c1-9-3-4(10)2-5(9)6(11)8-7/h4-5,10H,2-3,7H2,1H3,(H,8,11)/t4-,5-/m0/s1. The van der Waals surface area contributed by atoms with E-state index in [1.165, 1.54) is 0 Å². The highest BCUT2D eigenvalue weighted by Gasteiger charge is 2.32.